The Bertz CT molecular complexity index is 797. The zero-order valence-corrected chi connectivity index (χ0v) is 14.6. The van der Waals surface area contributed by atoms with Crippen LogP contribution in [0.15, 0.2) is 16.7 Å². The molecule has 1 aliphatic heterocycles. The Kier molecular flexibility index (Phi) is 5.31. The average Bonchev–Trinajstić information content (AvgIpc) is 2.88. The monoisotopic (exact) mass is 365 g/mol. The minimum Gasteiger partial charge on any atom is -0.494 e. The van der Waals surface area contributed by atoms with Crippen LogP contribution in [0.3, 0.4) is 0 Å². The highest BCUT2D eigenvalue weighted by Gasteiger charge is 2.25. The number of methoxy groups -OCH3 is 1. The van der Waals surface area contributed by atoms with E-state index in [1.54, 1.807) is 6.92 Å². The van der Waals surface area contributed by atoms with Gasteiger partial charge in [0.25, 0.3) is 5.69 Å². The molecule has 0 amide bonds. The lowest BCUT2D eigenvalue weighted by Crippen LogP contribution is -2.31. The molecule has 1 aromatic carbocycles. The zero-order chi connectivity index (χ0) is 18.7. The standard InChI is InChI=1S/C16H20FN5O4/c1-11-18-16(19-26-11)10-20-4-3-5-21(7-6-20)13-9-15(25-2)12(17)8-14(13)22(23)24/h8-9H,3-7,10H2,1-2H3. The highest BCUT2D eigenvalue weighted by Crippen LogP contribution is 2.35. The van der Waals surface area contributed by atoms with Gasteiger partial charge in [-0.1, -0.05) is 5.16 Å². The largest absolute Gasteiger partial charge is 0.494 e. The van der Waals surface area contributed by atoms with E-state index in [4.69, 9.17) is 9.26 Å². The number of rotatable bonds is 5. The summed E-state index contributed by atoms with van der Waals surface area (Å²) >= 11 is 0. The first-order chi connectivity index (χ1) is 12.5. The number of anilines is 1. The van der Waals surface area contributed by atoms with Crippen LogP contribution in [0.1, 0.15) is 18.1 Å². The molecule has 26 heavy (non-hydrogen) atoms. The van der Waals surface area contributed by atoms with Gasteiger partial charge in [0.05, 0.1) is 24.6 Å². The van der Waals surface area contributed by atoms with Gasteiger partial charge in [0.1, 0.15) is 5.69 Å². The van der Waals surface area contributed by atoms with Gasteiger partial charge in [0.2, 0.25) is 5.89 Å². The first-order valence-corrected chi connectivity index (χ1v) is 8.26. The van der Waals surface area contributed by atoms with Gasteiger partial charge in [-0.05, 0) is 6.42 Å². The molecule has 1 fully saturated rings. The van der Waals surface area contributed by atoms with Crippen LogP contribution >= 0.6 is 0 Å². The Balaban J connectivity index is 1.77. The molecule has 0 saturated carbocycles. The van der Waals surface area contributed by atoms with Crippen LogP contribution in [-0.2, 0) is 6.54 Å². The second-order valence-electron chi connectivity index (χ2n) is 6.08. The van der Waals surface area contributed by atoms with Gasteiger partial charge in [0, 0.05) is 39.2 Å². The number of ether oxygens (including phenoxy) is 1. The van der Waals surface area contributed by atoms with Crippen molar-refractivity contribution in [3.05, 3.63) is 39.8 Å². The van der Waals surface area contributed by atoms with Crippen LogP contribution in [0.4, 0.5) is 15.8 Å². The number of nitro groups is 1. The lowest BCUT2D eigenvalue weighted by atomic mass is 10.2. The van der Waals surface area contributed by atoms with E-state index < -0.39 is 10.7 Å². The Morgan fingerprint density at radius 3 is 2.81 bits per heavy atom. The van der Waals surface area contributed by atoms with Gasteiger partial charge in [-0.15, -0.1) is 0 Å². The van der Waals surface area contributed by atoms with E-state index in [9.17, 15) is 14.5 Å². The Labute approximate surface area is 149 Å². The van der Waals surface area contributed by atoms with Crippen molar-refractivity contribution in [2.75, 3.05) is 38.2 Å². The number of nitro benzene ring substituents is 1. The molecular weight excluding hydrogens is 345 g/mol. The van der Waals surface area contributed by atoms with E-state index >= 15 is 0 Å². The lowest BCUT2D eigenvalue weighted by molar-refractivity contribution is -0.384. The summed E-state index contributed by atoms with van der Waals surface area (Å²) in [5.41, 5.74) is 0.107. The summed E-state index contributed by atoms with van der Waals surface area (Å²) in [5.74, 6) is 0.386. The third-order valence-electron chi connectivity index (χ3n) is 4.31. The molecule has 0 aliphatic carbocycles. The fourth-order valence-corrected chi connectivity index (χ4v) is 3.06. The number of aryl methyl sites for hydroxylation is 1. The molecule has 140 valence electrons. The molecule has 1 aliphatic rings. The van der Waals surface area contributed by atoms with E-state index in [-0.39, 0.29) is 11.4 Å². The maximum atomic E-state index is 13.9. The molecule has 0 unspecified atom stereocenters. The van der Waals surface area contributed by atoms with Crippen LogP contribution in [0.25, 0.3) is 0 Å². The summed E-state index contributed by atoms with van der Waals surface area (Å²) < 4.78 is 23.8. The predicted octanol–water partition coefficient (Wildman–Crippen LogP) is 2.15. The molecule has 1 saturated heterocycles. The summed E-state index contributed by atoms with van der Waals surface area (Å²) in [6, 6.07) is 2.31. The molecular formula is C16H20FN5O4. The molecule has 1 aromatic heterocycles. The number of benzene rings is 1. The molecule has 0 N–H and O–H groups in total. The highest BCUT2D eigenvalue weighted by molar-refractivity contribution is 5.66. The van der Waals surface area contributed by atoms with Crippen molar-refractivity contribution in [2.24, 2.45) is 0 Å². The average molecular weight is 365 g/mol. The molecule has 2 aromatic rings. The number of nitrogens with zero attached hydrogens (tertiary/aromatic N) is 5. The zero-order valence-electron chi connectivity index (χ0n) is 14.6. The number of hydrogen-bond acceptors (Lipinski definition) is 8. The van der Waals surface area contributed by atoms with Crippen molar-refractivity contribution in [3.63, 3.8) is 0 Å². The Morgan fingerprint density at radius 1 is 1.35 bits per heavy atom. The molecule has 0 atom stereocenters. The van der Waals surface area contributed by atoms with Crippen molar-refractivity contribution >= 4 is 11.4 Å². The molecule has 0 radical (unpaired) electrons. The third-order valence-corrected chi connectivity index (χ3v) is 4.31. The summed E-state index contributed by atoms with van der Waals surface area (Å²) in [7, 11) is 1.34. The maximum Gasteiger partial charge on any atom is 0.295 e. The van der Waals surface area contributed by atoms with Crippen molar-refractivity contribution in [2.45, 2.75) is 19.9 Å². The van der Waals surface area contributed by atoms with Gasteiger partial charge in [-0.25, -0.2) is 4.39 Å². The van der Waals surface area contributed by atoms with Crippen molar-refractivity contribution in [3.8, 4) is 5.75 Å². The summed E-state index contributed by atoms with van der Waals surface area (Å²) in [5, 5.41) is 15.2. The second kappa shape index (κ2) is 7.65. The number of hydrogen-bond donors (Lipinski definition) is 0. The first kappa shape index (κ1) is 18.1. The van der Waals surface area contributed by atoms with Crippen molar-refractivity contribution in [1.82, 2.24) is 15.0 Å². The van der Waals surface area contributed by atoms with Crippen LogP contribution in [0.2, 0.25) is 0 Å². The van der Waals surface area contributed by atoms with Crippen LogP contribution in [0.5, 0.6) is 5.75 Å². The summed E-state index contributed by atoms with van der Waals surface area (Å²) in [6.45, 7) is 4.95. The van der Waals surface area contributed by atoms with Crippen LogP contribution in [-0.4, -0.2) is 53.3 Å². The maximum absolute atomic E-state index is 13.9. The summed E-state index contributed by atoms with van der Waals surface area (Å²) in [4.78, 5) is 19.0. The first-order valence-electron chi connectivity index (χ1n) is 8.26. The van der Waals surface area contributed by atoms with Crippen molar-refractivity contribution in [1.29, 1.82) is 0 Å². The third kappa shape index (κ3) is 3.90. The van der Waals surface area contributed by atoms with E-state index in [1.165, 1.54) is 13.2 Å². The smallest absolute Gasteiger partial charge is 0.295 e. The number of aromatic nitrogens is 2. The molecule has 2 heterocycles. The minimum absolute atomic E-state index is 0.00558. The normalized spacial score (nSPS) is 15.7. The number of halogens is 1. The SMILES string of the molecule is COc1cc(N2CCCN(Cc3noc(C)n3)CC2)c([N+](=O)[O-])cc1F. The van der Waals surface area contributed by atoms with E-state index in [0.29, 0.717) is 43.6 Å². The fourth-order valence-electron chi connectivity index (χ4n) is 3.06. The van der Waals surface area contributed by atoms with Gasteiger partial charge in [0.15, 0.2) is 17.4 Å². The van der Waals surface area contributed by atoms with E-state index in [1.807, 2.05) is 4.90 Å². The lowest BCUT2D eigenvalue weighted by Gasteiger charge is -2.23. The van der Waals surface area contributed by atoms with Gasteiger partial charge in [-0.3, -0.25) is 15.0 Å². The summed E-state index contributed by atoms with van der Waals surface area (Å²) in [6.07, 6.45) is 0.799. The van der Waals surface area contributed by atoms with Crippen LogP contribution in [0, 0.1) is 22.9 Å². The minimum atomic E-state index is -0.744. The highest BCUT2D eigenvalue weighted by atomic mass is 19.1. The van der Waals surface area contributed by atoms with E-state index in [2.05, 4.69) is 15.0 Å². The molecule has 9 nitrogen and oxygen atoms in total. The van der Waals surface area contributed by atoms with Crippen LogP contribution < -0.4 is 9.64 Å². The molecule has 3 rings (SSSR count). The molecule has 0 bridgehead atoms. The predicted molar refractivity (Wildman–Crippen MR) is 90.7 cm³/mol. The van der Waals surface area contributed by atoms with Gasteiger partial charge in [-0.2, -0.15) is 4.98 Å². The topological polar surface area (TPSA) is 97.8 Å². The van der Waals surface area contributed by atoms with Crippen molar-refractivity contribution < 1.29 is 18.6 Å². The molecule has 10 heteroatoms. The quantitative estimate of drug-likeness (QED) is 0.587. The second-order valence-corrected chi connectivity index (χ2v) is 6.08. The van der Waals surface area contributed by atoms with E-state index in [0.717, 1.165) is 19.0 Å². The van der Waals surface area contributed by atoms with Gasteiger partial charge >= 0.3 is 0 Å². The van der Waals surface area contributed by atoms with Gasteiger partial charge < -0.3 is 14.2 Å². The fraction of sp³-hybridized carbons (Fsp3) is 0.500. The Hall–Kier alpha value is -2.75. The molecule has 0 spiro atoms. The Morgan fingerprint density at radius 2 is 2.15 bits per heavy atom.